The standard InChI is InChI=1S/C15H10F3N3O.C3H6/c16-15(17,18)11-4-2-1-3-10(11)9-5-6-13-20-14(19)12(8-22)21(13)7-9;1-2-3-1/h1-8H,19H2;1-3H2. The highest BCUT2D eigenvalue weighted by Gasteiger charge is 2.33. The van der Waals surface area contributed by atoms with E-state index >= 15 is 0 Å². The number of anilines is 1. The number of nitrogen functional groups attached to an aromatic ring is 1. The second kappa shape index (κ2) is 6.58. The Labute approximate surface area is 142 Å². The molecule has 7 heteroatoms. The molecule has 25 heavy (non-hydrogen) atoms. The molecule has 2 N–H and O–H groups in total. The van der Waals surface area contributed by atoms with E-state index in [1.807, 2.05) is 0 Å². The van der Waals surface area contributed by atoms with E-state index in [2.05, 4.69) is 4.98 Å². The summed E-state index contributed by atoms with van der Waals surface area (Å²) in [7, 11) is 0. The van der Waals surface area contributed by atoms with Crippen molar-refractivity contribution in [2.45, 2.75) is 25.4 Å². The number of aromatic nitrogens is 2. The fourth-order valence-electron chi connectivity index (χ4n) is 2.34. The number of nitrogens with zero attached hydrogens (tertiary/aromatic N) is 2. The molecule has 0 saturated heterocycles. The van der Waals surface area contributed by atoms with Gasteiger partial charge in [-0.2, -0.15) is 13.2 Å². The van der Waals surface area contributed by atoms with Crippen LogP contribution in [0.2, 0.25) is 0 Å². The van der Waals surface area contributed by atoms with Crippen LogP contribution in [0, 0.1) is 0 Å². The van der Waals surface area contributed by atoms with Crippen molar-refractivity contribution in [3.63, 3.8) is 0 Å². The Balaban J connectivity index is 0.000000549. The molecule has 1 aliphatic rings. The number of aldehydes is 1. The summed E-state index contributed by atoms with van der Waals surface area (Å²) in [6.07, 6.45) is 1.98. The normalized spacial score (nSPS) is 13.2. The summed E-state index contributed by atoms with van der Waals surface area (Å²) in [5, 5.41) is 0. The molecule has 4 nitrogen and oxygen atoms in total. The monoisotopic (exact) mass is 347 g/mol. The lowest BCUT2D eigenvalue weighted by atomic mass is 10.0. The van der Waals surface area contributed by atoms with Crippen molar-refractivity contribution < 1.29 is 18.0 Å². The van der Waals surface area contributed by atoms with Crippen molar-refractivity contribution in [1.29, 1.82) is 0 Å². The maximum absolute atomic E-state index is 13.1. The number of fused-ring (bicyclic) bond motifs is 1. The highest BCUT2D eigenvalue weighted by molar-refractivity contribution is 5.82. The lowest BCUT2D eigenvalue weighted by Gasteiger charge is -2.13. The molecule has 130 valence electrons. The van der Waals surface area contributed by atoms with Crippen LogP contribution in [0.3, 0.4) is 0 Å². The third-order valence-corrected chi connectivity index (χ3v) is 3.69. The summed E-state index contributed by atoms with van der Waals surface area (Å²) >= 11 is 0. The molecular formula is C18H16F3N3O. The van der Waals surface area contributed by atoms with Crippen molar-refractivity contribution in [3.8, 4) is 11.1 Å². The number of rotatable bonds is 2. The average molecular weight is 347 g/mol. The van der Waals surface area contributed by atoms with Crippen LogP contribution in [-0.4, -0.2) is 15.7 Å². The first-order chi connectivity index (χ1) is 11.9. The maximum atomic E-state index is 13.1. The van der Waals surface area contributed by atoms with Gasteiger partial charge in [-0.3, -0.25) is 9.20 Å². The van der Waals surface area contributed by atoms with Crippen LogP contribution in [0.25, 0.3) is 16.8 Å². The van der Waals surface area contributed by atoms with Crippen molar-refractivity contribution in [3.05, 3.63) is 53.9 Å². The summed E-state index contributed by atoms with van der Waals surface area (Å²) in [6, 6.07) is 8.29. The van der Waals surface area contributed by atoms with Crippen molar-refractivity contribution in [2.75, 3.05) is 5.73 Å². The predicted octanol–water partition coefficient (Wildman–Crippen LogP) is 4.59. The van der Waals surface area contributed by atoms with Gasteiger partial charge in [0.15, 0.2) is 12.1 Å². The summed E-state index contributed by atoms with van der Waals surface area (Å²) in [4.78, 5) is 15.0. The molecule has 2 heterocycles. The van der Waals surface area contributed by atoms with Crippen LogP contribution in [-0.2, 0) is 6.18 Å². The molecule has 0 amide bonds. The molecule has 1 aliphatic carbocycles. The Hall–Kier alpha value is -2.83. The number of hydrogen-bond donors (Lipinski definition) is 1. The number of benzene rings is 1. The average Bonchev–Trinajstić information content (AvgIpc) is 3.42. The first-order valence-corrected chi connectivity index (χ1v) is 7.81. The second-order valence-electron chi connectivity index (χ2n) is 5.75. The number of nitrogens with two attached hydrogens (primary N) is 1. The zero-order valence-corrected chi connectivity index (χ0v) is 13.3. The SMILES string of the molecule is C1CC1.Nc1nc2ccc(-c3ccccc3C(F)(F)F)cn2c1C=O. The zero-order chi connectivity index (χ0) is 18.0. The summed E-state index contributed by atoms with van der Waals surface area (Å²) in [6.45, 7) is 0. The van der Waals surface area contributed by atoms with E-state index < -0.39 is 11.7 Å². The van der Waals surface area contributed by atoms with Gasteiger partial charge in [-0.25, -0.2) is 4.98 Å². The molecule has 2 aromatic heterocycles. The van der Waals surface area contributed by atoms with Gasteiger partial charge in [0.25, 0.3) is 0 Å². The van der Waals surface area contributed by atoms with Crippen molar-refractivity contribution in [1.82, 2.24) is 9.38 Å². The van der Waals surface area contributed by atoms with Gasteiger partial charge in [0.1, 0.15) is 11.3 Å². The van der Waals surface area contributed by atoms with Gasteiger partial charge < -0.3 is 5.73 Å². The van der Waals surface area contributed by atoms with Gasteiger partial charge in [0.05, 0.1) is 5.56 Å². The number of pyridine rings is 1. The van der Waals surface area contributed by atoms with Crippen LogP contribution in [0.15, 0.2) is 42.6 Å². The highest BCUT2D eigenvalue weighted by Crippen LogP contribution is 2.37. The molecule has 0 aliphatic heterocycles. The van der Waals surface area contributed by atoms with E-state index in [0.717, 1.165) is 6.07 Å². The van der Waals surface area contributed by atoms with E-state index in [9.17, 15) is 18.0 Å². The molecule has 1 saturated carbocycles. The van der Waals surface area contributed by atoms with Gasteiger partial charge in [-0.05, 0) is 29.3 Å². The smallest absolute Gasteiger partial charge is 0.382 e. The summed E-state index contributed by atoms with van der Waals surface area (Å²) < 4.78 is 40.7. The lowest BCUT2D eigenvalue weighted by molar-refractivity contribution is -0.137. The maximum Gasteiger partial charge on any atom is 0.417 e. The summed E-state index contributed by atoms with van der Waals surface area (Å²) in [5.74, 6) is 0.0382. The third kappa shape index (κ3) is 3.65. The van der Waals surface area contributed by atoms with Crippen LogP contribution < -0.4 is 5.73 Å². The summed E-state index contributed by atoms with van der Waals surface area (Å²) in [5.41, 5.74) is 5.73. The Bertz CT molecular complexity index is 911. The fraction of sp³-hybridized carbons (Fsp3) is 0.222. The van der Waals surface area contributed by atoms with Crippen LogP contribution >= 0.6 is 0 Å². The Kier molecular flexibility index (Phi) is 4.48. The fourth-order valence-corrected chi connectivity index (χ4v) is 2.34. The van der Waals surface area contributed by atoms with Crippen LogP contribution in [0.4, 0.5) is 19.0 Å². The molecule has 4 rings (SSSR count). The number of carbonyl (C=O) groups is 1. The van der Waals surface area contributed by atoms with Gasteiger partial charge >= 0.3 is 6.18 Å². The molecular weight excluding hydrogens is 331 g/mol. The van der Waals surface area contributed by atoms with E-state index in [1.54, 1.807) is 0 Å². The van der Waals surface area contributed by atoms with Crippen molar-refractivity contribution >= 4 is 17.8 Å². The number of carbonyl (C=O) groups excluding carboxylic acids is 1. The van der Waals surface area contributed by atoms with Gasteiger partial charge in [0.2, 0.25) is 0 Å². The van der Waals surface area contributed by atoms with Gasteiger partial charge in [0, 0.05) is 6.20 Å². The first kappa shape index (κ1) is 17.0. The number of alkyl halides is 3. The van der Waals surface area contributed by atoms with Gasteiger partial charge in [-0.1, -0.05) is 37.5 Å². The first-order valence-electron chi connectivity index (χ1n) is 7.81. The minimum atomic E-state index is -4.47. The minimum Gasteiger partial charge on any atom is -0.382 e. The molecule has 0 unspecified atom stereocenters. The van der Waals surface area contributed by atoms with E-state index in [4.69, 9.17) is 5.73 Å². The number of hydrogen-bond acceptors (Lipinski definition) is 3. The van der Waals surface area contributed by atoms with E-state index in [0.29, 0.717) is 17.5 Å². The molecule has 0 atom stereocenters. The van der Waals surface area contributed by atoms with E-state index in [-0.39, 0.29) is 17.1 Å². The number of halogens is 3. The lowest BCUT2D eigenvalue weighted by Crippen LogP contribution is -2.07. The molecule has 0 spiro atoms. The molecule has 1 aromatic carbocycles. The highest BCUT2D eigenvalue weighted by atomic mass is 19.4. The van der Waals surface area contributed by atoms with E-state index in [1.165, 1.54) is 60.2 Å². The topological polar surface area (TPSA) is 60.4 Å². The third-order valence-electron chi connectivity index (χ3n) is 3.69. The quantitative estimate of drug-likeness (QED) is 0.690. The van der Waals surface area contributed by atoms with Crippen LogP contribution in [0.5, 0.6) is 0 Å². The largest absolute Gasteiger partial charge is 0.417 e. The van der Waals surface area contributed by atoms with Gasteiger partial charge in [-0.15, -0.1) is 0 Å². The molecule has 0 radical (unpaired) electrons. The zero-order valence-electron chi connectivity index (χ0n) is 13.3. The molecule has 1 fully saturated rings. The second-order valence-corrected chi connectivity index (χ2v) is 5.75. The Morgan fingerprint density at radius 1 is 1.08 bits per heavy atom. The van der Waals surface area contributed by atoms with Crippen LogP contribution in [0.1, 0.15) is 35.3 Å². The number of imidazole rings is 1. The molecule has 3 aromatic rings. The van der Waals surface area contributed by atoms with Crippen molar-refractivity contribution in [2.24, 2.45) is 0 Å². The Morgan fingerprint density at radius 2 is 1.76 bits per heavy atom. The molecule has 0 bridgehead atoms. The Morgan fingerprint density at radius 3 is 2.36 bits per heavy atom. The predicted molar refractivity (Wildman–Crippen MR) is 89.3 cm³/mol. The minimum absolute atomic E-state index is 0.0287.